The van der Waals surface area contributed by atoms with Gasteiger partial charge >= 0.3 is 0 Å². The second kappa shape index (κ2) is 4.97. The van der Waals surface area contributed by atoms with Gasteiger partial charge < -0.3 is 10.2 Å². The molecule has 1 fully saturated rings. The number of rotatable bonds is 3. The maximum Gasteiger partial charge on any atom is 0.223 e. The van der Waals surface area contributed by atoms with Gasteiger partial charge in [-0.3, -0.25) is 9.59 Å². The number of hydrogen-bond acceptors (Lipinski definition) is 3. The molecular formula is C9H16N2O2. The molecule has 0 aromatic rings. The average molecular weight is 184 g/mol. The number of hydrogen-bond donors (Lipinski definition) is 1. The van der Waals surface area contributed by atoms with E-state index in [-0.39, 0.29) is 11.7 Å². The van der Waals surface area contributed by atoms with Crippen molar-refractivity contribution in [2.24, 2.45) is 0 Å². The number of Topliss-reactive ketones (excluding diaryl/α,β-unsaturated/α-hetero) is 1. The maximum atomic E-state index is 11.4. The summed E-state index contributed by atoms with van der Waals surface area (Å²) >= 11 is 0. The molecule has 1 amide bonds. The Morgan fingerprint density at radius 2 is 2.31 bits per heavy atom. The van der Waals surface area contributed by atoms with Crippen molar-refractivity contribution >= 4 is 11.7 Å². The lowest BCUT2D eigenvalue weighted by Gasteiger charge is -2.18. The summed E-state index contributed by atoms with van der Waals surface area (Å²) < 4.78 is 0. The Kier molecular flexibility index (Phi) is 3.89. The molecular weight excluding hydrogens is 168 g/mol. The Hall–Kier alpha value is -0.900. The highest BCUT2D eigenvalue weighted by molar-refractivity contribution is 5.79. The van der Waals surface area contributed by atoms with Gasteiger partial charge in [0, 0.05) is 39.0 Å². The van der Waals surface area contributed by atoms with Gasteiger partial charge in [0.25, 0.3) is 0 Å². The first-order valence-corrected chi connectivity index (χ1v) is 4.68. The monoisotopic (exact) mass is 184 g/mol. The highest BCUT2D eigenvalue weighted by atomic mass is 16.2. The molecule has 0 aliphatic carbocycles. The number of ketones is 1. The molecule has 1 rings (SSSR count). The number of nitrogens with zero attached hydrogens (tertiary/aromatic N) is 1. The van der Waals surface area contributed by atoms with E-state index in [2.05, 4.69) is 5.32 Å². The van der Waals surface area contributed by atoms with Crippen LogP contribution in [0.4, 0.5) is 0 Å². The third-order valence-electron chi connectivity index (χ3n) is 2.16. The number of carbonyl (C=O) groups is 2. The molecule has 0 radical (unpaired) electrons. The normalized spacial score (nSPS) is 18.5. The van der Waals surface area contributed by atoms with E-state index in [9.17, 15) is 9.59 Å². The second-order valence-electron chi connectivity index (χ2n) is 3.33. The smallest absolute Gasteiger partial charge is 0.223 e. The quantitative estimate of drug-likeness (QED) is 0.660. The van der Waals surface area contributed by atoms with E-state index < -0.39 is 0 Å². The molecule has 0 atom stereocenters. The third-order valence-corrected chi connectivity index (χ3v) is 2.16. The summed E-state index contributed by atoms with van der Waals surface area (Å²) in [6.45, 7) is 4.46. The minimum atomic E-state index is 0.144. The summed E-state index contributed by atoms with van der Waals surface area (Å²) in [7, 11) is 0. The number of carbonyl (C=O) groups excluding carboxylic acids is 2. The maximum absolute atomic E-state index is 11.4. The molecule has 1 aliphatic heterocycles. The molecule has 1 heterocycles. The van der Waals surface area contributed by atoms with Crippen molar-refractivity contribution in [3.8, 4) is 0 Å². The SMILES string of the molecule is CC(=O)CCN1CCNCCC1=O. The van der Waals surface area contributed by atoms with Crippen LogP contribution in [0.3, 0.4) is 0 Å². The first kappa shape index (κ1) is 10.2. The Bertz CT molecular complexity index is 204. The van der Waals surface area contributed by atoms with Crippen LogP contribution in [0.2, 0.25) is 0 Å². The molecule has 0 aromatic carbocycles. The zero-order chi connectivity index (χ0) is 9.68. The summed E-state index contributed by atoms with van der Waals surface area (Å²) in [5.74, 6) is 0.302. The first-order chi connectivity index (χ1) is 6.20. The summed E-state index contributed by atoms with van der Waals surface area (Å²) in [5.41, 5.74) is 0. The van der Waals surface area contributed by atoms with Gasteiger partial charge in [-0.05, 0) is 6.92 Å². The van der Waals surface area contributed by atoms with Crippen LogP contribution in [-0.2, 0) is 9.59 Å². The lowest BCUT2D eigenvalue weighted by atomic mass is 10.3. The molecule has 0 saturated carbocycles. The van der Waals surface area contributed by atoms with Gasteiger partial charge in [0.05, 0.1) is 0 Å². The van der Waals surface area contributed by atoms with Gasteiger partial charge in [-0.2, -0.15) is 0 Å². The van der Waals surface area contributed by atoms with Crippen LogP contribution in [-0.4, -0.2) is 42.8 Å². The highest BCUT2D eigenvalue weighted by Crippen LogP contribution is 1.99. The predicted molar refractivity (Wildman–Crippen MR) is 49.4 cm³/mol. The molecule has 1 N–H and O–H groups in total. The van der Waals surface area contributed by atoms with Crippen LogP contribution in [0.25, 0.3) is 0 Å². The minimum Gasteiger partial charge on any atom is -0.341 e. The molecule has 1 saturated heterocycles. The third kappa shape index (κ3) is 3.55. The van der Waals surface area contributed by atoms with Crippen LogP contribution < -0.4 is 5.32 Å². The highest BCUT2D eigenvalue weighted by Gasteiger charge is 2.15. The van der Waals surface area contributed by atoms with Crippen molar-refractivity contribution in [1.82, 2.24) is 10.2 Å². The predicted octanol–water partition coefficient (Wildman–Crippen LogP) is -0.213. The first-order valence-electron chi connectivity index (χ1n) is 4.68. The van der Waals surface area contributed by atoms with E-state index in [0.717, 1.165) is 19.6 Å². The topological polar surface area (TPSA) is 49.4 Å². The van der Waals surface area contributed by atoms with Crippen molar-refractivity contribution in [3.63, 3.8) is 0 Å². The van der Waals surface area contributed by atoms with Crippen LogP contribution in [0, 0.1) is 0 Å². The van der Waals surface area contributed by atoms with Gasteiger partial charge in [0.15, 0.2) is 0 Å². The van der Waals surface area contributed by atoms with Crippen LogP contribution in [0.15, 0.2) is 0 Å². The summed E-state index contributed by atoms with van der Waals surface area (Å²) in [6.07, 6.45) is 1.03. The van der Waals surface area contributed by atoms with Crippen molar-refractivity contribution in [3.05, 3.63) is 0 Å². The molecule has 1 aliphatic rings. The van der Waals surface area contributed by atoms with Crippen molar-refractivity contribution < 1.29 is 9.59 Å². The zero-order valence-corrected chi connectivity index (χ0v) is 8.01. The second-order valence-corrected chi connectivity index (χ2v) is 3.33. The van der Waals surface area contributed by atoms with E-state index in [1.165, 1.54) is 0 Å². The molecule has 4 nitrogen and oxygen atoms in total. The van der Waals surface area contributed by atoms with E-state index >= 15 is 0 Å². The fourth-order valence-electron chi connectivity index (χ4n) is 1.35. The van der Waals surface area contributed by atoms with E-state index in [0.29, 0.717) is 19.4 Å². The van der Waals surface area contributed by atoms with Gasteiger partial charge in [0.2, 0.25) is 5.91 Å². The van der Waals surface area contributed by atoms with Gasteiger partial charge in [-0.1, -0.05) is 0 Å². The lowest BCUT2D eigenvalue weighted by molar-refractivity contribution is -0.130. The zero-order valence-electron chi connectivity index (χ0n) is 8.01. The molecule has 0 unspecified atom stereocenters. The Labute approximate surface area is 78.3 Å². The van der Waals surface area contributed by atoms with Gasteiger partial charge in [-0.15, -0.1) is 0 Å². The Balaban J connectivity index is 2.36. The van der Waals surface area contributed by atoms with Gasteiger partial charge in [0.1, 0.15) is 5.78 Å². The largest absolute Gasteiger partial charge is 0.341 e. The Morgan fingerprint density at radius 1 is 1.54 bits per heavy atom. The van der Waals surface area contributed by atoms with E-state index in [4.69, 9.17) is 0 Å². The minimum absolute atomic E-state index is 0.144. The summed E-state index contributed by atoms with van der Waals surface area (Å²) in [5, 5.41) is 3.15. The number of nitrogens with one attached hydrogen (secondary N) is 1. The standard InChI is InChI=1S/C9H16N2O2/c1-8(12)3-6-11-7-5-10-4-2-9(11)13/h10H,2-7H2,1H3. The van der Waals surface area contributed by atoms with Crippen LogP contribution in [0.5, 0.6) is 0 Å². The Morgan fingerprint density at radius 3 is 3.00 bits per heavy atom. The van der Waals surface area contributed by atoms with Crippen molar-refractivity contribution in [2.45, 2.75) is 19.8 Å². The van der Waals surface area contributed by atoms with Gasteiger partial charge in [-0.25, -0.2) is 0 Å². The van der Waals surface area contributed by atoms with Crippen LogP contribution in [0.1, 0.15) is 19.8 Å². The van der Waals surface area contributed by atoms with Crippen molar-refractivity contribution in [2.75, 3.05) is 26.2 Å². The molecule has 13 heavy (non-hydrogen) atoms. The fraction of sp³-hybridized carbons (Fsp3) is 0.778. The molecule has 0 bridgehead atoms. The lowest BCUT2D eigenvalue weighted by Crippen LogP contribution is -2.33. The molecule has 0 aromatic heterocycles. The number of amides is 1. The molecule has 4 heteroatoms. The summed E-state index contributed by atoms with van der Waals surface area (Å²) in [4.78, 5) is 23.9. The molecule has 0 spiro atoms. The van der Waals surface area contributed by atoms with E-state index in [1.807, 2.05) is 0 Å². The van der Waals surface area contributed by atoms with E-state index in [1.54, 1.807) is 11.8 Å². The van der Waals surface area contributed by atoms with Crippen molar-refractivity contribution in [1.29, 1.82) is 0 Å². The average Bonchev–Trinajstić information content (AvgIpc) is 2.27. The van der Waals surface area contributed by atoms with Crippen LogP contribution >= 0.6 is 0 Å². The fourth-order valence-corrected chi connectivity index (χ4v) is 1.35. The molecule has 74 valence electrons. The summed E-state index contributed by atoms with van der Waals surface area (Å²) in [6, 6.07) is 0.